The summed E-state index contributed by atoms with van der Waals surface area (Å²) in [4.78, 5) is 0. The van der Waals surface area contributed by atoms with Gasteiger partial charge in [0.05, 0.1) is 6.61 Å². The van der Waals surface area contributed by atoms with Gasteiger partial charge in [-0.15, -0.1) is 0 Å². The smallest absolute Gasteiger partial charge is 0.124 e. The Balaban J connectivity index is 2.22. The Labute approximate surface area is 120 Å². The van der Waals surface area contributed by atoms with E-state index in [4.69, 9.17) is 9.47 Å². The summed E-state index contributed by atoms with van der Waals surface area (Å²) in [6.45, 7) is 7.82. The maximum atomic E-state index is 5.88. The molecule has 2 rings (SSSR count). The van der Waals surface area contributed by atoms with Gasteiger partial charge in [0.15, 0.2) is 0 Å². The Kier molecular flexibility index (Phi) is 5.84. The maximum Gasteiger partial charge on any atom is 0.124 e. The highest BCUT2D eigenvalue weighted by molar-refractivity contribution is 5.87. The molecule has 0 bridgehead atoms. The minimum absolute atomic E-state index is 0.589. The fourth-order valence-electron chi connectivity index (χ4n) is 2.24. The quantitative estimate of drug-likeness (QED) is 0.748. The minimum atomic E-state index is 0.589. The zero-order valence-electron chi connectivity index (χ0n) is 12.3. The van der Waals surface area contributed by atoms with Crippen molar-refractivity contribution in [1.29, 1.82) is 0 Å². The molecule has 20 heavy (non-hydrogen) atoms. The van der Waals surface area contributed by atoms with Crippen molar-refractivity contribution in [1.82, 2.24) is 5.32 Å². The van der Waals surface area contributed by atoms with Crippen LogP contribution in [0.1, 0.15) is 19.4 Å². The lowest BCUT2D eigenvalue weighted by atomic mass is 10.0. The number of fused-ring (bicyclic) bond motifs is 1. The van der Waals surface area contributed by atoms with E-state index in [1.807, 2.05) is 6.92 Å². The maximum absolute atomic E-state index is 5.88. The van der Waals surface area contributed by atoms with Crippen LogP contribution in [-0.2, 0) is 11.3 Å². The zero-order chi connectivity index (χ0) is 14.2. The molecule has 0 unspecified atom stereocenters. The topological polar surface area (TPSA) is 30.5 Å². The summed E-state index contributed by atoms with van der Waals surface area (Å²) in [6, 6.07) is 12.6. The van der Waals surface area contributed by atoms with Crippen molar-refractivity contribution in [3.8, 4) is 5.75 Å². The molecule has 0 aromatic heterocycles. The molecular weight excluding hydrogens is 250 g/mol. The molecule has 0 spiro atoms. The molecule has 0 aliphatic carbocycles. The van der Waals surface area contributed by atoms with Gasteiger partial charge in [0.25, 0.3) is 0 Å². The molecule has 0 fully saturated rings. The molecule has 3 nitrogen and oxygen atoms in total. The van der Waals surface area contributed by atoms with Crippen molar-refractivity contribution >= 4 is 10.8 Å². The van der Waals surface area contributed by atoms with E-state index in [0.29, 0.717) is 13.2 Å². The van der Waals surface area contributed by atoms with Gasteiger partial charge in [-0.2, -0.15) is 0 Å². The largest absolute Gasteiger partial charge is 0.491 e. The first-order valence-electron chi connectivity index (χ1n) is 7.28. The van der Waals surface area contributed by atoms with Crippen LogP contribution in [0.2, 0.25) is 0 Å². The first-order chi connectivity index (χ1) is 9.86. The second kappa shape index (κ2) is 7.88. The zero-order valence-corrected chi connectivity index (χ0v) is 12.3. The summed E-state index contributed by atoms with van der Waals surface area (Å²) in [5.41, 5.74) is 1.22. The summed E-state index contributed by atoms with van der Waals surface area (Å²) in [7, 11) is 0. The van der Waals surface area contributed by atoms with E-state index < -0.39 is 0 Å². The fourth-order valence-corrected chi connectivity index (χ4v) is 2.24. The van der Waals surface area contributed by atoms with Crippen LogP contribution in [0.4, 0.5) is 0 Å². The summed E-state index contributed by atoms with van der Waals surface area (Å²) in [5.74, 6) is 0.948. The van der Waals surface area contributed by atoms with Gasteiger partial charge in [0.2, 0.25) is 0 Å². The van der Waals surface area contributed by atoms with Crippen molar-refractivity contribution in [3.63, 3.8) is 0 Å². The van der Waals surface area contributed by atoms with E-state index in [1.54, 1.807) is 0 Å². The summed E-state index contributed by atoms with van der Waals surface area (Å²) < 4.78 is 11.2. The first kappa shape index (κ1) is 14.8. The van der Waals surface area contributed by atoms with Crippen LogP contribution in [0.15, 0.2) is 36.4 Å². The van der Waals surface area contributed by atoms with Crippen LogP contribution in [0.25, 0.3) is 10.8 Å². The predicted octanol–water partition coefficient (Wildman–Crippen LogP) is 3.36. The summed E-state index contributed by atoms with van der Waals surface area (Å²) >= 11 is 0. The minimum Gasteiger partial charge on any atom is -0.491 e. The molecule has 0 radical (unpaired) electrons. The van der Waals surface area contributed by atoms with Gasteiger partial charge in [-0.3, -0.25) is 0 Å². The number of nitrogens with one attached hydrogen (secondary N) is 1. The van der Waals surface area contributed by atoms with Gasteiger partial charge in [0.1, 0.15) is 12.4 Å². The summed E-state index contributed by atoms with van der Waals surface area (Å²) in [6.07, 6.45) is 0. The predicted molar refractivity (Wildman–Crippen MR) is 83.3 cm³/mol. The van der Waals surface area contributed by atoms with Gasteiger partial charge < -0.3 is 14.8 Å². The second-order valence-corrected chi connectivity index (χ2v) is 4.59. The molecule has 3 heteroatoms. The van der Waals surface area contributed by atoms with Crippen LogP contribution < -0.4 is 10.1 Å². The second-order valence-electron chi connectivity index (χ2n) is 4.59. The third kappa shape index (κ3) is 3.71. The molecular formula is C17H23NO2. The van der Waals surface area contributed by atoms with Gasteiger partial charge in [0, 0.05) is 18.7 Å². The van der Waals surface area contributed by atoms with Crippen LogP contribution in [-0.4, -0.2) is 26.4 Å². The highest BCUT2D eigenvalue weighted by Gasteiger charge is 2.08. The van der Waals surface area contributed by atoms with E-state index in [9.17, 15) is 0 Å². The lowest BCUT2D eigenvalue weighted by Gasteiger charge is -2.14. The normalized spacial score (nSPS) is 10.9. The third-order valence-electron chi connectivity index (χ3n) is 3.24. The average Bonchev–Trinajstić information content (AvgIpc) is 2.50. The molecule has 1 N–H and O–H groups in total. The monoisotopic (exact) mass is 273 g/mol. The number of ether oxygens (including phenoxy) is 2. The Bertz CT molecular complexity index is 540. The van der Waals surface area contributed by atoms with Gasteiger partial charge in [-0.25, -0.2) is 0 Å². The number of rotatable bonds is 8. The molecule has 0 aliphatic rings. The Hall–Kier alpha value is -1.58. The molecule has 2 aromatic rings. The highest BCUT2D eigenvalue weighted by atomic mass is 16.5. The molecule has 2 aromatic carbocycles. The van der Waals surface area contributed by atoms with E-state index >= 15 is 0 Å². The van der Waals surface area contributed by atoms with Crippen molar-refractivity contribution in [2.45, 2.75) is 20.4 Å². The molecule has 0 heterocycles. The van der Waals surface area contributed by atoms with Gasteiger partial charge in [-0.05, 0) is 30.3 Å². The van der Waals surface area contributed by atoms with Crippen LogP contribution in [0.3, 0.4) is 0 Å². The van der Waals surface area contributed by atoms with Crippen LogP contribution in [0.5, 0.6) is 5.75 Å². The highest BCUT2D eigenvalue weighted by Crippen LogP contribution is 2.28. The molecule has 0 atom stereocenters. The standard InChI is InChI=1S/C17H23NO2/c1-3-18-13-16-15-8-6-5-7-14(15)9-10-17(16)20-12-11-19-4-2/h5-10,18H,3-4,11-13H2,1-2H3. The molecule has 108 valence electrons. The summed E-state index contributed by atoms with van der Waals surface area (Å²) in [5, 5.41) is 5.89. The van der Waals surface area contributed by atoms with E-state index in [2.05, 4.69) is 48.6 Å². The van der Waals surface area contributed by atoms with Gasteiger partial charge >= 0.3 is 0 Å². The van der Waals surface area contributed by atoms with Crippen molar-refractivity contribution in [2.24, 2.45) is 0 Å². The Morgan fingerprint density at radius 3 is 2.65 bits per heavy atom. The van der Waals surface area contributed by atoms with E-state index in [0.717, 1.165) is 25.4 Å². The fraction of sp³-hybridized carbons (Fsp3) is 0.412. The lowest BCUT2D eigenvalue weighted by molar-refractivity contribution is 0.110. The molecule has 0 aliphatic heterocycles. The third-order valence-corrected chi connectivity index (χ3v) is 3.24. The van der Waals surface area contributed by atoms with Crippen molar-refractivity contribution < 1.29 is 9.47 Å². The SMILES string of the molecule is CCNCc1c(OCCOCC)ccc2ccccc12. The molecule has 0 saturated heterocycles. The van der Waals surface area contributed by atoms with Crippen molar-refractivity contribution in [3.05, 3.63) is 42.0 Å². The Morgan fingerprint density at radius 2 is 1.85 bits per heavy atom. The number of hydrogen-bond acceptors (Lipinski definition) is 3. The first-order valence-corrected chi connectivity index (χ1v) is 7.28. The van der Waals surface area contributed by atoms with Gasteiger partial charge in [-0.1, -0.05) is 37.3 Å². The van der Waals surface area contributed by atoms with E-state index in [1.165, 1.54) is 16.3 Å². The molecule has 0 saturated carbocycles. The Morgan fingerprint density at radius 1 is 1.00 bits per heavy atom. The molecule has 0 amide bonds. The van der Waals surface area contributed by atoms with Crippen molar-refractivity contribution in [2.75, 3.05) is 26.4 Å². The van der Waals surface area contributed by atoms with Crippen LogP contribution in [0, 0.1) is 0 Å². The number of hydrogen-bond donors (Lipinski definition) is 1. The number of benzene rings is 2. The van der Waals surface area contributed by atoms with Crippen LogP contribution >= 0.6 is 0 Å². The average molecular weight is 273 g/mol. The van der Waals surface area contributed by atoms with E-state index in [-0.39, 0.29) is 0 Å². The lowest BCUT2D eigenvalue weighted by Crippen LogP contribution is -2.14.